The second kappa shape index (κ2) is 5.86. The molecular formula is C12H8Cl2N2O3. The predicted molar refractivity (Wildman–Crippen MR) is 69.9 cm³/mol. The fraction of sp³-hybridized carbons (Fsp3) is 0.0833. The van der Waals surface area contributed by atoms with Crippen molar-refractivity contribution in [2.75, 3.05) is 7.11 Å². The van der Waals surface area contributed by atoms with Gasteiger partial charge in [0.05, 0.1) is 24.5 Å². The van der Waals surface area contributed by atoms with Crippen molar-refractivity contribution in [2.24, 2.45) is 0 Å². The van der Waals surface area contributed by atoms with Gasteiger partial charge >= 0.3 is 5.97 Å². The van der Waals surface area contributed by atoms with E-state index in [-0.39, 0.29) is 11.6 Å². The number of halogens is 2. The van der Waals surface area contributed by atoms with Gasteiger partial charge in [-0.25, -0.2) is 9.78 Å². The minimum atomic E-state index is -0.602. The first-order valence-corrected chi connectivity index (χ1v) is 5.89. The Morgan fingerprint density at radius 2 is 2.05 bits per heavy atom. The number of hydrogen-bond acceptors (Lipinski definition) is 5. The van der Waals surface area contributed by atoms with Crippen LogP contribution in [-0.2, 0) is 4.74 Å². The fourth-order valence-corrected chi connectivity index (χ4v) is 1.59. The van der Waals surface area contributed by atoms with Crippen LogP contribution in [-0.4, -0.2) is 23.0 Å². The van der Waals surface area contributed by atoms with E-state index in [9.17, 15) is 4.79 Å². The molecule has 1 aromatic carbocycles. The van der Waals surface area contributed by atoms with Gasteiger partial charge in [0.15, 0.2) is 5.69 Å². The molecule has 19 heavy (non-hydrogen) atoms. The van der Waals surface area contributed by atoms with Crippen molar-refractivity contribution in [1.82, 2.24) is 9.97 Å². The van der Waals surface area contributed by atoms with Crippen LogP contribution in [0.1, 0.15) is 10.5 Å². The van der Waals surface area contributed by atoms with Gasteiger partial charge in [-0.15, -0.1) is 0 Å². The molecule has 98 valence electrons. The average Bonchev–Trinajstić information content (AvgIpc) is 2.42. The Kier molecular flexibility index (Phi) is 4.19. The molecule has 1 aromatic heterocycles. The number of esters is 1. The molecule has 5 nitrogen and oxygen atoms in total. The minimum Gasteiger partial charge on any atom is -0.464 e. The van der Waals surface area contributed by atoms with E-state index < -0.39 is 5.97 Å². The highest BCUT2D eigenvalue weighted by Gasteiger charge is 2.11. The quantitative estimate of drug-likeness (QED) is 0.813. The Balaban J connectivity index is 2.28. The topological polar surface area (TPSA) is 61.3 Å². The molecule has 0 aliphatic rings. The minimum absolute atomic E-state index is 0.0400. The number of ether oxygens (including phenoxy) is 2. The summed E-state index contributed by atoms with van der Waals surface area (Å²) in [5.41, 5.74) is 0.0400. The molecule has 0 spiro atoms. The molecule has 0 saturated heterocycles. The summed E-state index contributed by atoms with van der Waals surface area (Å²) in [5.74, 6) is -0.160. The second-order valence-corrected chi connectivity index (χ2v) is 4.25. The highest BCUT2D eigenvalue weighted by molar-refractivity contribution is 6.34. The lowest BCUT2D eigenvalue weighted by Gasteiger charge is -2.07. The molecule has 0 saturated carbocycles. The van der Waals surface area contributed by atoms with Crippen LogP contribution in [0.3, 0.4) is 0 Å². The van der Waals surface area contributed by atoms with Crippen LogP contribution in [0.15, 0.2) is 30.6 Å². The normalized spacial score (nSPS) is 10.1. The number of rotatable bonds is 3. The Hall–Kier alpha value is -1.85. The van der Waals surface area contributed by atoms with E-state index in [4.69, 9.17) is 27.9 Å². The van der Waals surface area contributed by atoms with E-state index >= 15 is 0 Å². The Morgan fingerprint density at radius 3 is 2.79 bits per heavy atom. The van der Waals surface area contributed by atoms with Gasteiger partial charge in [0.25, 0.3) is 0 Å². The lowest BCUT2D eigenvalue weighted by Crippen LogP contribution is -2.05. The molecule has 2 rings (SSSR count). The summed E-state index contributed by atoms with van der Waals surface area (Å²) in [5, 5.41) is 0.839. The van der Waals surface area contributed by atoms with E-state index in [2.05, 4.69) is 14.7 Å². The van der Waals surface area contributed by atoms with Crippen LogP contribution >= 0.6 is 23.2 Å². The predicted octanol–water partition coefficient (Wildman–Crippen LogP) is 3.36. The zero-order valence-electron chi connectivity index (χ0n) is 9.76. The number of aromatic nitrogens is 2. The van der Waals surface area contributed by atoms with Crippen molar-refractivity contribution in [1.29, 1.82) is 0 Å². The third-order valence-corrected chi connectivity index (χ3v) is 2.66. The summed E-state index contributed by atoms with van der Waals surface area (Å²) in [4.78, 5) is 19.1. The smallest absolute Gasteiger partial charge is 0.358 e. The van der Waals surface area contributed by atoms with Crippen molar-refractivity contribution < 1.29 is 14.3 Å². The van der Waals surface area contributed by atoms with Crippen molar-refractivity contribution in [3.05, 3.63) is 46.3 Å². The summed E-state index contributed by atoms with van der Waals surface area (Å²) in [6.07, 6.45) is 2.63. The van der Waals surface area contributed by atoms with Gasteiger partial charge in [-0.3, -0.25) is 4.98 Å². The monoisotopic (exact) mass is 298 g/mol. The van der Waals surface area contributed by atoms with Gasteiger partial charge in [-0.2, -0.15) is 0 Å². The zero-order valence-corrected chi connectivity index (χ0v) is 11.3. The summed E-state index contributed by atoms with van der Waals surface area (Å²) in [7, 11) is 1.26. The molecule has 1 heterocycles. The number of carbonyl (C=O) groups excluding carboxylic acids is 1. The highest BCUT2D eigenvalue weighted by atomic mass is 35.5. The molecule has 0 atom stereocenters. The number of benzene rings is 1. The third kappa shape index (κ3) is 3.33. The second-order valence-electron chi connectivity index (χ2n) is 3.41. The van der Waals surface area contributed by atoms with E-state index in [0.29, 0.717) is 15.8 Å². The van der Waals surface area contributed by atoms with E-state index in [1.165, 1.54) is 25.6 Å². The standard InChI is InChI=1S/C12H8Cl2N2O3/c1-18-12(17)9-5-15-6-11(16-9)19-10-4-7(13)2-3-8(10)14/h2-6H,1H3. The van der Waals surface area contributed by atoms with E-state index in [1.54, 1.807) is 12.1 Å². The maximum atomic E-state index is 11.3. The zero-order chi connectivity index (χ0) is 13.8. The first-order valence-electron chi connectivity index (χ1n) is 5.13. The first kappa shape index (κ1) is 13.6. The van der Waals surface area contributed by atoms with Crippen molar-refractivity contribution in [3.8, 4) is 11.6 Å². The van der Waals surface area contributed by atoms with Crippen LogP contribution in [0, 0.1) is 0 Å². The molecule has 2 aromatic rings. The molecule has 0 N–H and O–H groups in total. The molecule has 0 bridgehead atoms. The Morgan fingerprint density at radius 1 is 1.26 bits per heavy atom. The van der Waals surface area contributed by atoms with Crippen molar-refractivity contribution in [2.45, 2.75) is 0 Å². The SMILES string of the molecule is COC(=O)c1cncc(Oc2cc(Cl)ccc2Cl)n1. The number of nitrogens with zero attached hydrogens (tertiary/aromatic N) is 2. The highest BCUT2D eigenvalue weighted by Crippen LogP contribution is 2.30. The maximum Gasteiger partial charge on any atom is 0.358 e. The average molecular weight is 299 g/mol. The maximum absolute atomic E-state index is 11.3. The van der Waals surface area contributed by atoms with Crippen LogP contribution in [0.2, 0.25) is 10.0 Å². The van der Waals surface area contributed by atoms with Gasteiger partial charge in [0, 0.05) is 11.1 Å². The molecular weight excluding hydrogens is 291 g/mol. The summed E-state index contributed by atoms with van der Waals surface area (Å²) in [6.45, 7) is 0. The Labute approximate surface area is 119 Å². The van der Waals surface area contributed by atoms with Gasteiger partial charge in [0.2, 0.25) is 5.88 Å². The van der Waals surface area contributed by atoms with Crippen LogP contribution in [0.4, 0.5) is 0 Å². The number of hydrogen-bond donors (Lipinski definition) is 0. The summed E-state index contributed by atoms with van der Waals surface area (Å²) < 4.78 is 9.97. The van der Waals surface area contributed by atoms with Gasteiger partial charge in [-0.05, 0) is 12.1 Å². The van der Waals surface area contributed by atoms with Gasteiger partial charge < -0.3 is 9.47 Å². The van der Waals surface area contributed by atoms with Gasteiger partial charge in [-0.1, -0.05) is 23.2 Å². The van der Waals surface area contributed by atoms with Crippen LogP contribution in [0.25, 0.3) is 0 Å². The fourth-order valence-electron chi connectivity index (χ4n) is 1.27. The molecule has 0 aliphatic heterocycles. The Bertz CT molecular complexity index is 620. The van der Waals surface area contributed by atoms with Crippen molar-refractivity contribution >= 4 is 29.2 Å². The largest absolute Gasteiger partial charge is 0.464 e. The first-order chi connectivity index (χ1) is 9.10. The molecule has 0 fully saturated rings. The van der Waals surface area contributed by atoms with Crippen LogP contribution in [0.5, 0.6) is 11.6 Å². The summed E-state index contributed by atoms with van der Waals surface area (Å²) >= 11 is 11.8. The third-order valence-electron chi connectivity index (χ3n) is 2.11. The molecule has 0 aliphatic carbocycles. The number of carbonyl (C=O) groups is 1. The van der Waals surface area contributed by atoms with E-state index in [1.807, 2.05) is 0 Å². The van der Waals surface area contributed by atoms with E-state index in [0.717, 1.165) is 0 Å². The summed E-state index contributed by atoms with van der Waals surface area (Å²) in [6, 6.07) is 4.76. The number of methoxy groups -OCH3 is 1. The van der Waals surface area contributed by atoms with Crippen LogP contribution < -0.4 is 4.74 Å². The van der Waals surface area contributed by atoms with Crippen molar-refractivity contribution in [3.63, 3.8) is 0 Å². The van der Waals surface area contributed by atoms with Gasteiger partial charge in [0.1, 0.15) is 5.75 Å². The lowest BCUT2D eigenvalue weighted by molar-refractivity contribution is 0.0592. The molecule has 7 heteroatoms. The lowest BCUT2D eigenvalue weighted by atomic mass is 10.3. The molecule has 0 unspecified atom stereocenters. The molecule has 0 radical (unpaired) electrons. The molecule has 0 amide bonds.